The van der Waals surface area contributed by atoms with Crippen LogP contribution in [0.4, 0.5) is 0 Å². The first-order valence-electron chi connectivity index (χ1n) is 6.29. The van der Waals surface area contributed by atoms with Crippen LogP contribution in [0, 0.1) is 6.92 Å². The Balaban J connectivity index is 2.38. The first-order valence-corrected chi connectivity index (χ1v) is 6.29. The smallest absolute Gasteiger partial charge is 0.286 e. The van der Waals surface area contributed by atoms with Crippen molar-refractivity contribution in [1.82, 2.24) is 9.97 Å². The van der Waals surface area contributed by atoms with E-state index in [1.54, 1.807) is 0 Å². The summed E-state index contributed by atoms with van der Waals surface area (Å²) in [7, 11) is 0. The SMILES string of the molecule is Cc1ccc2nc(C(N)=O)nc(-c3ccccc3)c2c1. The van der Waals surface area contributed by atoms with Gasteiger partial charge in [0.15, 0.2) is 0 Å². The second-order valence-electron chi connectivity index (χ2n) is 4.65. The Hall–Kier alpha value is -2.75. The van der Waals surface area contributed by atoms with Crippen LogP contribution in [0.5, 0.6) is 0 Å². The molecule has 0 spiro atoms. The van der Waals surface area contributed by atoms with Crippen molar-refractivity contribution in [3.8, 4) is 11.3 Å². The summed E-state index contributed by atoms with van der Waals surface area (Å²) in [4.78, 5) is 19.9. The average molecular weight is 263 g/mol. The zero-order chi connectivity index (χ0) is 14.1. The number of aryl methyl sites for hydroxylation is 1. The normalized spacial score (nSPS) is 10.7. The molecule has 20 heavy (non-hydrogen) atoms. The van der Waals surface area contributed by atoms with E-state index in [2.05, 4.69) is 9.97 Å². The van der Waals surface area contributed by atoms with Gasteiger partial charge in [-0.25, -0.2) is 9.97 Å². The van der Waals surface area contributed by atoms with Crippen molar-refractivity contribution >= 4 is 16.8 Å². The number of hydrogen-bond donors (Lipinski definition) is 1. The van der Waals surface area contributed by atoms with Crippen molar-refractivity contribution in [3.63, 3.8) is 0 Å². The van der Waals surface area contributed by atoms with E-state index in [1.165, 1.54) is 0 Å². The average Bonchev–Trinajstić information content (AvgIpc) is 2.47. The summed E-state index contributed by atoms with van der Waals surface area (Å²) in [6.07, 6.45) is 0. The summed E-state index contributed by atoms with van der Waals surface area (Å²) in [6, 6.07) is 15.6. The van der Waals surface area contributed by atoms with Crippen LogP contribution in [0.1, 0.15) is 16.2 Å². The van der Waals surface area contributed by atoms with E-state index in [-0.39, 0.29) is 5.82 Å². The number of primary amides is 1. The molecule has 3 aromatic rings. The number of nitrogens with zero attached hydrogens (tertiary/aromatic N) is 2. The summed E-state index contributed by atoms with van der Waals surface area (Å²) in [5, 5.41) is 0.918. The zero-order valence-electron chi connectivity index (χ0n) is 11.0. The van der Waals surface area contributed by atoms with Gasteiger partial charge in [0.1, 0.15) is 0 Å². The second-order valence-corrected chi connectivity index (χ2v) is 4.65. The van der Waals surface area contributed by atoms with Crippen LogP contribution >= 0.6 is 0 Å². The highest BCUT2D eigenvalue weighted by Gasteiger charge is 2.12. The van der Waals surface area contributed by atoms with Crippen LogP contribution in [0.2, 0.25) is 0 Å². The molecule has 0 atom stereocenters. The molecule has 0 aliphatic carbocycles. The van der Waals surface area contributed by atoms with Crippen LogP contribution in [0.15, 0.2) is 48.5 Å². The lowest BCUT2D eigenvalue weighted by Gasteiger charge is -2.08. The quantitative estimate of drug-likeness (QED) is 0.772. The van der Waals surface area contributed by atoms with Crippen LogP contribution < -0.4 is 5.73 Å². The Morgan fingerprint density at radius 2 is 1.80 bits per heavy atom. The fourth-order valence-corrected chi connectivity index (χ4v) is 2.17. The second kappa shape index (κ2) is 4.74. The summed E-state index contributed by atoms with van der Waals surface area (Å²) in [5.41, 5.74) is 8.82. The summed E-state index contributed by atoms with van der Waals surface area (Å²) in [5.74, 6) is -0.579. The summed E-state index contributed by atoms with van der Waals surface area (Å²) in [6.45, 7) is 2.01. The maximum absolute atomic E-state index is 11.4. The van der Waals surface area contributed by atoms with E-state index in [0.717, 1.165) is 27.7 Å². The zero-order valence-corrected chi connectivity index (χ0v) is 11.0. The highest BCUT2D eigenvalue weighted by molar-refractivity contribution is 5.97. The molecule has 0 bridgehead atoms. The molecule has 0 saturated heterocycles. The van der Waals surface area contributed by atoms with Crippen LogP contribution in [0.3, 0.4) is 0 Å². The van der Waals surface area contributed by atoms with Crippen LogP contribution in [-0.2, 0) is 0 Å². The molecule has 0 fully saturated rings. The molecule has 0 radical (unpaired) electrons. The molecular formula is C16H13N3O. The molecule has 0 unspecified atom stereocenters. The van der Waals surface area contributed by atoms with Gasteiger partial charge in [-0.3, -0.25) is 4.79 Å². The molecular weight excluding hydrogens is 250 g/mol. The Morgan fingerprint density at radius 1 is 1.05 bits per heavy atom. The highest BCUT2D eigenvalue weighted by atomic mass is 16.1. The molecule has 3 rings (SSSR count). The van der Waals surface area contributed by atoms with Gasteiger partial charge in [0.2, 0.25) is 5.82 Å². The van der Waals surface area contributed by atoms with Crippen molar-refractivity contribution in [1.29, 1.82) is 0 Å². The minimum atomic E-state index is -0.621. The van der Waals surface area contributed by atoms with Gasteiger partial charge in [-0.05, 0) is 19.1 Å². The van der Waals surface area contributed by atoms with E-state index in [0.29, 0.717) is 0 Å². The van der Waals surface area contributed by atoms with Crippen molar-refractivity contribution in [2.24, 2.45) is 5.73 Å². The Morgan fingerprint density at radius 3 is 2.50 bits per heavy atom. The van der Waals surface area contributed by atoms with Crippen molar-refractivity contribution in [2.45, 2.75) is 6.92 Å². The van der Waals surface area contributed by atoms with E-state index in [1.807, 2.05) is 55.5 Å². The predicted molar refractivity (Wildman–Crippen MR) is 78.2 cm³/mol. The van der Waals surface area contributed by atoms with Gasteiger partial charge in [-0.1, -0.05) is 42.0 Å². The number of hydrogen-bond acceptors (Lipinski definition) is 3. The Labute approximate surface area is 116 Å². The van der Waals surface area contributed by atoms with E-state index in [4.69, 9.17) is 5.73 Å². The Bertz CT molecular complexity index is 797. The van der Waals surface area contributed by atoms with Gasteiger partial charge >= 0.3 is 0 Å². The molecule has 98 valence electrons. The lowest BCUT2D eigenvalue weighted by atomic mass is 10.0. The maximum Gasteiger partial charge on any atom is 0.286 e. The first-order chi connectivity index (χ1) is 9.65. The largest absolute Gasteiger partial charge is 0.363 e. The van der Waals surface area contributed by atoms with Gasteiger partial charge in [0, 0.05) is 10.9 Å². The number of carbonyl (C=O) groups is 1. The molecule has 2 aromatic carbocycles. The lowest BCUT2D eigenvalue weighted by molar-refractivity contribution is 0.0991. The molecule has 2 N–H and O–H groups in total. The fraction of sp³-hybridized carbons (Fsp3) is 0.0625. The van der Waals surface area contributed by atoms with Gasteiger partial charge in [0.05, 0.1) is 11.2 Å². The minimum Gasteiger partial charge on any atom is -0.363 e. The van der Waals surface area contributed by atoms with Crippen molar-refractivity contribution in [2.75, 3.05) is 0 Å². The number of aromatic nitrogens is 2. The number of amides is 1. The first kappa shape index (κ1) is 12.3. The van der Waals surface area contributed by atoms with Gasteiger partial charge in [-0.15, -0.1) is 0 Å². The fourth-order valence-electron chi connectivity index (χ4n) is 2.17. The van der Waals surface area contributed by atoms with E-state index in [9.17, 15) is 4.79 Å². The molecule has 1 amide bonds. The standard InChI is InChI=1S/C16H13N3O/c1-10-7-8-13-12(9-10)14(11-5-3-2-4-6-11)19-16(18-13)15(17)20/h2-9H,1H3,(H2,17,20). The highest BCUT2D eigenvalue weighted by Crippen LogP contribution is 2.26. The molecule has 4 nitrogen and oxygen atoms in total. The number of fused-ring (bicyclic) bond motifs is 1. The van der Waals surface area contributed by atoms with Gasteiger partial charge < -0.3 is 5.73 Å². The molecule has 4 heteroatoms. The summed E-state index contributed by atoms with van der Waals surface area (Å²) >= 11 is 0. The third-order valence-electron chi connectivity index (χ3n) is 3.12. The number of nitrogens with two attached hydrogens (primary N) is 1. The Kier molecular flexibility index (Phi) is 2.91. The van der Waals surface area contributed by atoms with Crippen molar-refractivity contribution < 1.29 is 4.79 Å². The third kappa shape index (κ3) is 2.12. The third-order valence-corrected chi connectivity index (χ3v) is 3.12. The topological polar surface area (TPSA) is 68.9 Å². The molecule has 0 aliphatic heterocycles. The van der Waals surface area contributed by atoms with E-state index < -0.39 is 5.91 Å². The van der Waals surface area contributed by atoms with Gasteiger partial charge in [-0.2, -0.15) is 0 Å². The van der Waals surface area contributed by atoms with Gasteiger partial charge in [0.25, 0.3) is 5.91 Å². The minimum absolute atomic E-state index is 0.0419. The number of rotatable bonds is 2. The van der Waals surface area contributed by atoms with Crippen molar-refractivity contribution in [3.05, 3.63) is 59.9 Å². The maximum atomic E-state index is 11.4. The number of carbonyl (C=O) groups excluding carboxylic acids is 1. The molecule has 0 saturated carbocycles. The van der Waals surface area contributed by atoms with E-state index >= 15 is 0 Å². The molecule has 0 aliphatic rings. The van der Waals surface area contributed by atoms with Crippen LogP contribution in [-0.4, -0.2) is 15.9 Å². The monoisotopic (exact) mass is 263 g/mol. The summed E-state index contributed by atoms with van der Waals surface area (Å²) < 4.78 is 0. The predicted octanol–water partition coefficient (Wildman–Crippen LogP) is 2.70. The molecule has 1 heterocycles. The lowest BCUT2D eigenvalue weighted by Crippen LogP contribution is -2.15. The van der Waals surface area contributed by atoms with Crippen LogP contribution in [0.25, 0.3) is 22.2 Å². The molecule has 1 aromatic heterocycles. The number of benzene rings is 2.